The minimum atomic E-state index is -0.518. The van der Waals surface area contributed by atoms with Gasteiger partial charge in [0.25, 0.3) is 0 Å². The molecule has 0 spiro atoms. The molecule has 19 heavy (non-hydrogen) atoms. The van der Waals surface area contributed by atoms with E-state index in [0.29, 0.717) is 16.8 Å². The van der Waals surface area contributed by atoms with E-state index in [0.717, 1.165) is 3.57 Å². The highest BCUT2D eigenvalue weighted by Crippen LogP contribution is 2.14. The van der Waals surface area contributed by atoms with Crippen LogP contribution in [0.4, 0.5) is 0 Å². The van der Waals surface area contributed by atoms with Gasteiger partial charge >= 0.3 is 11.2 Å². The van der Waals surface area contributed by atoms with Crippen molar-refractivity contribution >= 4 is 33.7 Å². The van der Waals surface area contributed by atoms with Gasteiger partial charge < -0.3 is 4.42 Å². The van der Waals surface area contributed by atoms with Gasteiger partial charge in [-0.25, -0.2) is 9.48 Å². The van der Waals surface area contributed by atoms with Gasteiger partial charge in [0.05, 0.1) is 5.69 Å². The third-order valence-corrected chi connectivity index (χ3v) is 3.58. The van der Waals surface area contributed by atoms with Gasteiger partial charge in [-0.2, -0.15) is 0 Å². The molecule has 96 valence electrons. The van der Waals surface area contributed by atoms with E-state index in [9.17, 15) is 9.59 Å². The normalized spacial score (nSPS) is 11.1. The van der Waals surface area contributed by atoms with Gasteiger partial charge in [-0.3, -0.25) is 9.89 Å². The van der Waals surface area contributed by atoms with Crippen molar-refractivity contribution in [1.29, 1.82) is 0 Å². The van der Waals surface area contributed by atoms with E-state index in [1.165, 1.54) is 10.7 Å². The lowest BCUT2D eigenvalue weighted by molar-refractivity contribution is 0.556. The largest absolute Gasteiger partial charge is 0.415 e. The molecule has 3 rings (SSSR count). The summed E-state index contributed by atoms with van der Waals surface area (Å²) in [6, 6.07) is 8.81. The summed E-state index contributed by atoms with van der Waals surface area (Å²) >= 11 is 2.19. The Morgan fingerprint density at radius 1 is 1.21 bits per heavy atom. The summed E-state index contributed by atoms with van der Waals surface area (Å²) in [5.74, 6) is 0. The Balaban J connectivity index is 2.34. The van der Waals surface area contributed by atoms with Crippen LogP contribution in [0.15, 0.2) is 44.3 Å². The summed E-state index contributed by atoms with van der Waals surface area (Å²) in [6.07, 6.45) is 0. The average Bonchev–Trinajstić information content (AvgIpc) is 2.69. The van der Waals surface area contributed by atoms with Crippen molar-refractivity contribution in [2.75, 3.05) is 0 Å². The molecule has 0 atom stereocenters. The molecule has 0 saturated carbocycles. The number of H-pyrrole nitrogens is 1. The van der Waals surface area contributed by atoms with Crippen molar-refractivity contribution in [3.8, 4) is 5.69 Å². The van der Waals surface area contributed by atoms with E-state index in [1.54, 1.807) is 6.92 Å². The second-order valence-corrected chi connectivity index (χ2v) is 5.43. The van der Waals surface area contributed by atoms with Crippen LogP contribution in [-0.2, 0) is 0 Å². The summed E-state index contributed by atoms with van der Waals surface area (Å²) in [5.41, 5.74) is 1.11. The number of hydrogen-bond acceptors (Lipinski definition) is 3. The van der Waals surface area contributed by atoms with Gasteiger partial charge in [0.2, 0.25) is 5.58 Å². The molecule has 0 bridgehead atoms. The maximum absolute atomic E-state index is 12.2. The Kier molecular flexibility index (Phi) is 2.81. The minimum Gasteiger partial charge on any atom is -0.415 e. The first-order valence-electron chi connectivity index (χ1n) is 5.58. The molecule has 0 fully saturated rings. The van der Waals surface area contributed by atoms with Gasteiger partial charge in [0.1, 0.15) is 5.52 Å². The summed E-state index contributed by atoms with van der Waals surface area (Å²) in [5, 5.41) is 2.96. The lowest BCUT2D eigenvalue weighted by Gasteiger charge is -2.00. The van der Waals surface area contributed by atoms with Gasteiger partial charge in [-0.15, -0.1) is 0 Å². The molecule has 3 aromatic rings. The quantitative estimate of drug-likeness (QED) is 0.670. The SMILES string of the molecule is Cc1cc(=O)oc2c(=O)n(-c3ccc(I)cc3)[nH]c12. The number of fused-ring (bicyclic) bond motifs is 1. The Morgan fingerprint density at radius 2 is 1.89 bits per heavy atom. The maximum Gasteiger partial charge on any atom is 0.336 e. The van der Waals surface area contributed by atoms with Gasteiger partial charge in [0.15, 0.2) is 0 Å². The summed E-state index contributed by atoms with van der Waals surface area (Å²) < 4.78 is 7.43. The molecule has 1 N–H and O–H groups in total. The van der Waals surface area contributed by atoms with Crippen LogP contribution in [0.5, 0.6) is 0 Å². The van der Waals surface area contributed by atoms with E-state index in [-0.39, 0.29) is 11.1 Å². The molecule has 0 saturated heterocycles. The monoisotopic (exact) mass is 368 g/mol. The Morgan fingerprint density at radius 3 is 2.58 bits per heavy atom. The molecule has 2 aromatic heterocycles. The molecule has 5 nitrogen and oxygen atoms in total. The highest BCUT2D eigenvalue weighted by atomic mass is 127. The third-order valence-electron chi connectivity index (χ3n) is 2.86. The van der Waals surface area contributed by atoms with E-state index < -0.39 is 5.63 Å². The first kappa shape index (κ1) is 12.2. The molecule has 2 heterocycles. The fraction of sp³-hybridized carbons (Fsp3) is 0.0769. The van der Waals surface area contributed by atoms with Crippen LogP contribution >= 0.6 is 22.6 Å². The van der Waals surface area contributed by atoms with Crippen LogP contribution in [0.25, 0.3) is 16.8 Å². The zero-order chi connectivity index (χ0) is 13.6. The van der Waals surface area contributed by atoms with Crippen LogP contribution in [0.2, 0.25) is 0 Å². The summed E-state index contributed by atoms with van der Waals surface area (Å²) in [4.78, 5) is 23.5. The molecule has 0 amide bonds. The zero-order valence-corrected chi connectivity index (χ0v) is 12.1. The lowest BCUT2D eigenvalue weighted by atomic mass is 10.3. The van der Waals surface area contributed by atoms with E-state index in [1.807, 2.05) is 24.3 Å². The molecule has 0 aliphatic rings. The fourth-order valence-electron chi connectivity index (χ4n) is 1.93. The molecular formula is C13H9IN2O3. The van der Waals surface area contributed by atoms with Crippen molar-refractivity contribution in [2.24, 2.45) is 0 Å². The Bertz CT molecular complexity index is 872. The Labute approximate surface area is 121 Å². The van der Waals surface area contributed by atoms with Gasteiger partial charge in [-0.1, -0.05) is 0 Å². The van der Waals surface area contributed by atoms with Crippen molar-refractivity contribution in [2.45, 2.75) is 6.92 Å². The number of aromatic nitrogens is 2. The number of rotatable bonds is 1. The van der Waals surface area contributed by atoms with Gasteiger partial charge in [-0.05, 0) is 59.3 Å². The van der Waals surface area contributed by atoms with E-state index in [2.05, 4.69) is 27.7 Å². The van der Waals surface area contributed by atoms with Gasteiger partial charge in [0, 0.05) is 9.64 Å². The number of aromatic amines is 1. The van der Waals surface area contributed by atoms with Crippen LogP contribution in [0, 0.1) is 10.5 Å². The van der Waals surface area contributed by atoms with Crippen molar-refractivity contribution in [3.05, 3.63) is 60.2 Å². The van der Waals surface area contributed by atoms with Crippen LogP contribution < -0.4 is 11.2 Å². The summed E-state index contributed by atoms with van der Waals surface area (Å²) in [7, 11) is 0. The van der Waals surface area contributed by atoms with Crippen molar-refractivity contribution in [3.63, 3.8) is 0 Å². The second-order valence-electron chi connectivity index (χ2n) is 4.18. The van der Waals surface area contributed by atoms with Crippen LogP contribution in [-0.4, -0.2) is 9.78 Å². The maximum atomic E-state index is 12.2. The molecule has 0 aliphatic heterocycles. The highest BCUT2D eigenvalue weighted by molar-refractivity contribution is 14.1. The molecule has 6 heteroatoms. The van der Waals surface area contributed by atoms with Crippen LogP contribution in [0.1, 0.15) is 5.56 Å². The standard InChI is InChI=1S/C13H9IN2O3/c1-7-6-10(17)19-12-11(7)15-16(13(12)18)9-4-2-8(14)3-5-9/h2-6,15H,1H3. The molecule has 0 aliphatic carbocycles. The number of hydrogen-bond donors (Lipinski definition) is 1. The van der Waals surface area contributed by atoms with Crippen molar-refractivity contribution in [1.82, 2.24) is 9.78 Å². The second kappa shape index (κ2) is 4.37. The van der Waals surface area contributed by atoms with Crippen molar-refractivity contribution < 1.29 is 4.42 Å². The minimum absolute atomic E-state index is 0.0588. The average molecular weight is 368 g/mol. The smallest absolute Gasteiger partial charge is 0.336 e. The Hall–Kier alpha value is -1.83. The first-order valence-corrected chi connectivity index (χ1v) is 6.65. The zero-order valence-electron chi connectivity index (χ0n) is 9.94. The first-order chi connectivity index (χ1) is 9.06. The highest BCUT2D eigenvalue weighted by Gasteiger charge is 2.13. The molecule has 0 unspecified atom stereocenters. The predicted octanol–water partition coefficient (Wildman–Crippen LogP) is 2.19. The molecule has 0 radical (unpaired) electrons. The van der Waals surface area contributed by atoms with Crippen LogP contribution in [0.3, 0.4) is 0 Å². The third kappa shape index (κ3) is 2.01. The molecular weight excluding hydrogens is 359 g/mol. The summed E-state index contributed by atoms with van der Waals surface area (Å²) in [6.45, 7) is 1.76. The number of nitrogens with zero attached hydrogens (tertiary/aromatic N) is 1. The number of halogens is 1. The number of benzene rings is 1. The molecule has 1 aromatic carbocycles. The predicted molar refractivity (Wildman–Crippen MR) is 79.9 cm³/mol. The topological polar surface area (TPSA) is 68.0 Å². The van der Waals surface area contributed by atoms with E-state index in [4.69, 9.17) is 4.42 Å². The number of nitrogens with one attached hydrogen (secondary N) is 1. The number of aryl methyl sites for hydroxylation is 1. The van der Waals surface area contributed by atoms with E-state index >= 15 is 0 Å². The lowest BCUT2D eigenvalue weighted by Crippen LogP contribution is -2.14. The fourth-order valence-corrected chi connectivity index (χ4v) is 2.29.